The highest BCUT2D eigenvalue weighted by molar-refractivity contribution is 7.13. The van der Waals surface area contributed by atoms with Crippen molar-refractivity contribution >= 4 is 28.9 Å². The highest BCUT2D eigenvalue weighted by Gasteiger charge is 2.09. The minimum absolute atomic E-state index is 0.346. The van der Waals surface area contributed by atoms with Crippen LogP contribution in [0.4, 0.5) is 11.6 Å². The van der Waals surface area contributed by atoms with Gasteiger partial charge in [-0.05, 0) is 42.1 Å². The van der Waals surface area contributed by atoms with Crippen LogP contribution < -0.4 is 16.6 Å². The number of nitrogens with two attached hydrogens (primary N) is 1. The molecule has 0 atom stereocenters. The Labute approximate surface area is 137 Å². The number of benzene rings is 1. The van der Waals surface area contributed by atoms with Gasteiger partial charge >= 0.3 is 0 Å². The van der Waals surface area contributed by atoms with E-state index in [1.807, 2.05) is 36.6 Å². The van der Waals surface area contributed by atoms with E-state index >= 15 is 0 Å². The fraction of sp³-hybridized carbons (Fsp3) is 0.0625. The third-order valence-corrected chi connectivity index (χ3v) is 4.20. The molecule has 0 unspecified atom stereocenters. The minimum Gasteiger partial charge on any atom is -0.324 e. The summed E-state index contributed by atoms with van der Waals surface area (Å²) in [6.45, 7) is 1.94. The number of hydrogen-bond acceptors (Lipinski definition) is 6. The van der Waals surface area contributed by atoms with Crippen LogP contribution in [0.25, 0.3) is 10.6 Å². The molecule has 1 aromatic carbocycles. The van der Waals surface area contributed by atoms with E-state index in [2.05, 4.69) is 20.7 Å². The summed E-state index contributed by atoms with van der Waals surface area (Å²) in [5.41, 5.74) is 5.18. The summed E-state index contributed by atoms with van der Waals surface area (Å²) in [7, 11) is 0. The summed E-state index contributed by atoms with van der Waals surface area (Å²) in [4.78, 5) is 21.5. The van der Waals surface area contributed by atoms with Gasteiger partial charge in [-0.3, -0.25) is 10.2 Å². The lowest BCUT2D eigenvalue weighted by atomic mass is 10.1. The van der Waals surface area contributed by atoms with Gasteiger partial charge in [0.2, 0.25) is 5.95 Å². The quantitative estimate of drug-likeness (QED) is 0.390. The Morgan fingerprint density at radius 3 is 2.87 bits per heavy atom. The Kier molecular flexibility index (Phi) is 4.31. The standard InChI is InChI=1S/C16H15N5OS/c1-10-4-5-11(15(22)21-17)9-13(10)20-16-18-7-6-12(19-16)14-3-2-8-23-14/h2-9H,17H2,1H3,(H,21,22)(H,18,19,20). The van der Waals surface area contributed by atoms with Gasteiger partial charge in [-0.1, -0.05) is 12.1 Å². The number of aromatic nitrogens is 2. The number of amides is 1. The molecule has 7 heteroatoms. The molecule has 4 N–H and O–H groups in total. The van der Waals surface area contributed by atoms with Crippen molar-refractivity contribution < 1.29 is 4.79 Å². The van der Waals surface area contributed by atoms with Crippen molar-refractivity contribution in [1.29, 1.82) is 0 Å². The van der Waals surface area contributed by atoms with Gasteiger partial charge in [-0.15, -0.1) is 11.3 Å². The molecule has 0 saturated heterocycles. The zero-order valence-electron chi connectivity index (χ0n) is 12.4. The Hall–Kier alpha value is -2.77. The first-order chi connectivity index (χ1) is 11.2. The topological polar surface area (TPSA) is 92.9 Å². The molecular formula is C16H15N5OS. The maximum Gasteiger partial charge on any atom is 0.265 e. The molecule has 3 aromatic rings. The van der Waals surface area contributed by atoms with E-state index in [1.165, 1.54) is 0 Å². The minimum atomic E-state index is -0.346. The number of hydrazine groups is 1. The molecule has 0 radical (unpaired) electrons. The fourth-order valence-corrected chi connectivity index (χ4v) is 2.78. The zero-order chi connectivity index (χ0) is 16.2. The van der Waals surface area contributed by atoms with Gasteiger partial charge in [-0.25, -0.2) is 15.8 Å². The van der Waals surface area contributed by atoms with Gasteiger partial charge in [-0.2, -0.15) is 0 Å². The molecule has 0 saturated carbocycles. The Morgan fingerprint density at radius 1 is 1.26 bits per heavy atom. The monoisotopic (exact) mass is 325 g/mol. The van der Waals surface area contributed by atoms with Crippen LogP contribution >= 0.6 is 11.3 Å². The Bertz CT molecular complexity index is 832. The zero-order valence-corrected chi connectivity index (χ0v) is 13.2. The molecule has 0 aliphatic heterocycles. The van der Waals surface area contributed by atoms with Crippen LogP contribution in [0.5, 0.6) is 0 Å². The molecule has 0 spiro atoms. The lowest BCUT2D eigenvalue weighted by Crippen LogP contribution is -2.30. The molecular weight excluding hydrogens is 310 g/mol. The second-order valence-electron chi connectivity index (χ2n) is 4.87. The second kappa shape index (κ2) is 6.55. The predicted octanol–water partition coefficient (Wildman–Crippen LogP) is 2.86. The van der Waals surface area contributed by atoms with Crippen molar-refractivity contribution in [3.05, 3.63) is 59.1 Å². The van der Waals surface area contributed by atoms with E-state index in [0.29, 0.717) is 11.5 Å². The largest absolute Gasteiger partial charge is 0.324 e. The van der Waals surface area contributed by atoms with Crippen LogP contribution in [-0.2, 0) is 0 Å². The first-order valence-electron chi connectivity index (χ1n) is 6.93. The van der Waals surface area contributed by atoms with Gasteiger partial charge in [0.05, 0.1) is 10.6 Å². The van der Waals surface area contributed by atoms with Crippen molar-refractivity contribution in [1.82, 2.24) is 15.4 Å². The number of anilines is 2. The Balaban J connectivity index is 1.90. The van der Waals surface area contributed by atoms with Crippen LogP contribution in [0.2, 0.25) is 0 Å². The maximum absolute atomic E-state index is 11.6. The van der Waals surface area contributed by atoms with Crippen molar-refractivity contribution in [2.75, 3.05) is 5.32 Å². The van der Waals surface area contributed by atoms with Crippen LogP contribution in [0.15, 0.2) is 48.0 Å². The molecule has 23 heavy (non-hydrogen) atoms. The second-order valence-corrected chi connectivity index (χ2v) is 5.82. The van der Waals surface area contributed by atoms with E-state index in [0.717, 1.165) is 21.8 Å². The average molecular weight is 325 g/mol. The van der Waals surface area contributed by atoms with E-state index in [-0.39, 0.29) is 5.91 Å². The van der Waals surface area contributed by atoms with E-state index < -0.39 is 0 Å². The molecule has 6 nitrogen and oxygen atoms in total. The van der Waals surface area contributed by atoms with E-state index in [1.54, 1.807) is 29.7 Å². The summed E-state index contributed by atoms with van der Waals surface area (Å²) in [5, 5.41) is 5.16. The SMILES string of the molecule is Cc1ccc(C(=O)NN)cc1Nc1nccc(-c2cccs2)n1. The number of rotatable bonds is 4. The van der Waals surface area contributed by atoms with Crippen molar-refractivity contribution in [3.63, 3.8) is 0 Å². The van der Waals surface area contributed by atoms with Crippen molar-refractivity contribution in [2.24, 2.45) is 5.84 Å². The summed E-state index contributed by atoms with van der Waals surface area (Å²) in [5.74, 6) is 5.31. The third kappa shape index (κ3) is 3.36. The van der Waals surface area contributed by atoms with Crippen molar-refractivity contribution in [2.45, 2.75) is 6.92 Å². The van der Waals surface area contributed by atoms with Gasteiger partial charge in [0.25, 0.3) is 5.91 Å². The number of hydrogen-bond donors (Lipinski definition) is 3. The van der Waals surface area contributed by atoms with Crippen LogP contribution in [0.1, 0.15) is 15.9 Å². The van der Waals surface area contributed by atoms with Crippen molar-refractivity contribution in [3.8, 4) is 10.6 Å². The predicted molar refractivity (Wildman–Crippen MR) is 91.5 cm³/mol. The number of carbonyl (C=O) groups is 1. The lowest BCUT2D eigenvalue weighted by molar-refractivity contribution is 0.0953. The fourth-order valence-electron chi connectivity index (χ4n) is 2.08. The van der Waals surface area contributed by atoms with Gasteiger partial charge in [0.15, 0.2) is 0 Å². The van der Waals surface area contributed by atoms with E-state index in [4.69, 9.17) is 5.84 Å². The first-order valence-corrected chi connectivity index (χ1v) is 7.81. The number of nitrogen functional groups attached to an aromatic ring is 1. The number of carbonyl (C=O) groups excluding carboxylic acids is 1. The number of nitrogens with one attached hydrogen (secondary N) is 2. The smallest absolute Gasteiger partial charge is 0.265 e. The summed E-state index contributed by atoms with van der Waals surface area (Å²) in [6.07, 6.45) is 1.70. The van der Waals surface area contributed by atoms with Crippen LogP contribution in [0.3, 0.4) is 0 Å². The van der Waals surface area contributed by atoms with Gasteiger partial charge < -0.3 is 5.32 Å². The number of aryl methyl sites for hydroxylation is 1. The van der Waals surface area contributed by atoms with Gasteiger partial charge in [0, 0.05) is 17.4 Å². The summed E-state index contributed by atoms with van der Waals surface area (Å²) < 4.78 is 0. The average Bonchev–Trinajstić information content (AvgIpc) is 3.11. The molecule has 0 aliphatic carbocycles. The third-order valence-electron chi connectivity index (χ3n) is 3.31. The molecule has 0 bridgehead atoms. The molecule has 0 aliphatic rings. The molecule has 2 heterocycles. The number of nitrogens with zero attached hydrogens (tertiary/aromatic N) is 2. The highest BCUT2D eigenvalue weighted by atomic mass is 32.1. The summed E-state index contributed by atoms with van der Waals surface area (Å²) in [6, 6.07) is 11.1. The molecule has 0 fully saturated rings. The molecule has 1 amide bonds. The first kappa shape index (κ1) is 15.1. The summed E-state index contributed by atoms with van der Waals surface area (Å²) >= 11 is 1.62. The van der Waals surface area contributed by atoms with Crippen LogP contribution in [-0.4, -0.2) is 15.9 Å². The van der Waals surface area contributed by atoms with Gasteiger partial charge in [0.1, 0.15) is 0 Å². The number of thiophene rings is 1. The lowest BCUT2D eigenvalue weighted by Gasteiger charge is -2.10. The molecule has 116 valence electrons. The Morgan fingerprint density at radius 2 is 2.13 bits per heavy atom. The maximum atomic E-state index is 11.6. The van der Waals surface area contributed by atoms with E-state index in [9.17, 15) is 4.79 Å². The molecule has 3 rings (SSSR count). The highest BCUT2D eigenvalue weighted by Crippen LogP contribution is 2.25. The normalized spacial score (nSPS) is 10.3. The van der Waals surface area contributed by atoms with Crippen LogP contribution in [0, 0.1) is 6.92 Å². The molecule has 2 aromatic heterocycles.